The van der Waals surface area contributed by atoms with Crippen LogP contribution in [0.25, 0.3) is 0 Å². The van der Waals surface area contributed by atoms with Gasteiger partial charge in [0.2, 0.25) is 12.4 Å². The van der Waals surface area contributed by atoms with Gasteiger partial charge >= 0.3 is 0 Å². The molecule has 1 aliphatic heterocycles. The molecule has 1 aromatic carbocycles. The smallest absolute Gasteiger partial charge is 0.272 e. The van der Waals surface area contributed by atoms with Gasteiger partial charge in [0.1, 0.15) is 5.69 Å². The van der Waals surface area contributed by atoms with E-state index < -0.39 is 0 Å². The van der Waals surface area contributed by atoms with Crippen molar-refractivity contribution in [2.45, 2.75) is 0 Å². The molecule has 2 heterocycles. The fourth-order valence-corrected chi connectivity index (χ4v) is 2.53. The molecule has 0 spiro atoms. The van der Waals surface area contributed by atoms with Crippen molar-refractivity contribution in [1.82, 2.24) is 19.8 Å². The summed E-state index contributed by atoms with van der Waals surface area (Å²) in [5.74, 6) is 0.0919. The highest BCUT2D eigenvalue weighted by Gasteiger charge is 2.22. The van der Waals surface area contributed by atoms with Gasteiger partial charge in [-0.2, -0.15) is 5.26 Å². The van der Waals surface area contributed by atoms with Crippen molar-refractivity contribution in [3.63, 3.8) is 0 Å². The molecule has 8 nitrogen and oxygen atoms in total. The maximum absolute atomic E-state index is 12.6. The average molecular weight is 336 g/mol. The van der Waals surface area contributed by atoms with Crippen molar-refractivity contribution in [2.24, 2.45) is 0 Å². The summed E-state index contributed by atoms with van der Waals surface area (Å²) in [5.41, 5.74) is 1.47. The van der Waals surface area contributed by atoms with Crippen LogP contribution in [0.4, 0.5) is 11.6 Å². The first-order valence-corrected chi connectivity index (χ1v) is 7.78. The second kappa shape index (κ2) is 7.40. The topological polar surface area (TPSA) is 102 Å². The number of anilines is 2. The van der Waals surface area contributed by atoms with E-state index in [4.69, 9.17) is 5.26 Å². The number of nitrogens with zero attached hydrogens (tertiary/aromatic N) is 5. The summed E-state index contributed by atoms with van der Waals surface area (Å²) in [4.78, 5) is 35.0. The Morgan fingerprint density at radius 1 is 1.24 bits per heavy atom. The molecular formula is C17H16N6O2. The molecular weight excluding hydrogens is 320 g/mol. The monoisotopic (exact) mass is 336 g/mol. The number of nitriles is 1. The van der Waals surface area contributed by atoms with E-state index in [0.29, 0.717) is 37.4 Å². The van der Waals surface area contributed by atoms with Crippen LogP contribution in [0.15, 0.2) is 36.5 Å². The number of nitrogens with one attached hydrogen (secondary N) is 1. The van der Waals surface area contributed by atoms with Gasteiger partial charge in [-0.3, -0.25) is 9.59 Å². The second-order valence-corrected chi connectivity index (χ2v) is 5.52. The van der Waals surface area contributed by atoms with Crippen LogP contribution >= 0.6 is 0 Å². The highest BCUT2D eigenvalue weighted by molar-refractivity contribution is 5.92. The van der Waals surface area contributed by atoms with E-state index in [1.807, 2.05) is 0 Å². The Labute approximate surface area is 144 Å². The number of hydrogen-bond acceptors (Lipinski definition) is 6. The zero-order valence-electron chi connectivity index (χ0n) is 13.4. The molecule has 0 bridgehead atoms. The fraction of sp³-hybridized carbons (Fsp3) is 0.235. The van der Waals surface area contributed by atoms with Crippen LogP contribution in [0.3, 0.4) is 0 Å². The fourth-order valence-electron chi connectivity index (χ4n) is 2.53. The Balaban J connectivity index is 1.72. The van der Waals surface area contributed by atoms with Crippen molar-refractivity contribution in [3.8, 4) is 6.07 Å². The lowest BCUT2D eigenvalue weighted by Gasteiger charge is -2.32. The van der Waals surface area contributed by atoms with Crippen LogP contribution in [0.1, 0.15) is 16.1 Å². The molecule has 1 aliphatic rings. The molecule has 0 unspecified atom stereocenters. The van der Waals surface area contributed by atoms with Crippen LogP contribution in [0.2, 0.25) is 0 Å². The van der Waals surface area contributed by atoms with E-state index in [1.165, 1.54) is 6.20 Å². The molecule has 0 radical (unpaired) electrons. The molecule has 0 atom stereocenters. The van der Waals surface area contributed by atoms with Crippen LogP contribution in [-0.2, 0) is 4.79 Å². The molecule has 2 amide bonds. The summed E-state index contributed by atoms with van der Waals surface area (Å²) in [6, 6.07) is 10.5. The molecule has 1 N–H and O–H groups in total. The zero-order chi connectivity index (χ0) is 17.6. The Hall–Kier alpha value is -3.47. The van der Waals surface area contributed by atoms with Gasteiger partial charge in [0.15, 0.2) is 0 Å². The molecule has 0 saturated carbocycles. The minimum absolute atomic E-state index is 0.193. The normalized spacial score (nSPS) is 13.9. The molecule has 8 heteroatoms. The summed E-state index contributed by atoms with van der Waals surface area (Å²) < 4.78 is 0. The third-order valence-corrected chi connectivity index (χ3v) is 3.87. The summed E-state index contributed by atoms with van der Waals surface area (Å²) in [5, 5.41) is 11.9. The van der Waals surface area contributed by atoms with E-state index >= 15 is 0 Å². The van der Waals surface area contributed by atoms with Gasteiger partial charge in [-0.25, -0.2) is 9.97 Å². The Morgan fingerprint density at radius 3 is 2.76 bits per heavy atom. The predicted molar refractivity (Wildman–Crippen MR) is 90.0 cm³/mol. The number of carbonyl (C=O) groups excluding carboxylic acids is 2. The summed E-state index contributed by atoms with van der Waals surface area (Å²) in [7, 11) is 0. The standard InChI is InChI=1S/C17H16N6O2/c18-11-13-2-1-3-14(10-13)20-17-19-5-4-15(21-17)16(25)23-8-6-22(12-24)7-9-23/h1-5,10,12H,6-9H2,(H,19,20,21). The van der Waals surface area contributed by atoms with Gasteiger partial charge in [-0.1, -0.05) is 6.07 Å². The van der Waals surface area contributed by atoms with Crippen molar-refractivity contribution < 1.29 is 9.59 Å². The van der Waals surface area contributed by atoms with Gasteiger partial charge in [0.25, 0.3) is 5.91 Å². The molecule has 25 heavy (non-hydrogen) atoms. The van der Waals surface area contributed by atoms with Crippen LogP contribution < -0.4 is 5.32 Å². The third-order valence-electron chi connectivity index (χ3n) is 3.87. The van der Waals surface area contributed by atoms with Crippen LogP contribution in [0.5, 0.6) is 0 Å². The van der Waals surface area contributed by atoms with Crippen molar-refractivity contribution in [1.29, 1.82) is 5.26 Å². The minimum atomic E-state index is -0.193. The Kier molecular flexibility index (Phi) is 4.85. The highest BCUT2D eigenvalue weighted by Crippen LogP contribution is 2.15. The van der Waals surface area contributed by atoms with Crippen molar-refractivity contribution in [3.05, 3.63) is 47.8 Å². The van der Waals surface area contributed by atoms with Crippen molar-refractivity contribution >= 4 is 24.0 Å². The van der Waals surface area contributed by atoms with E-state index in [1.54, 1.807) is 40.1 Å². The summed E-state index contributed by atoms with van der Waals surface area (Å²) in [6.07, 6.45) is 2.31. The van der Waals surface area contributed by atoms with E-state index in [9.17, 15) is 9.59 Å². The van der Waals surface area contributed by atoms with Gasteiger partial charge < -0.3 is 15.1 Å². The number of carbonyl (C=O) groups is 2. The zero-order valence-corrected chi connectivity index (χ0v) is 13.4. The lowest BCUT2D eigenvalue weighted by atomic mass is 10.2. The largest absolute Gasteiger partial charge is 0.342 e. The van der Waals surface area contributed by atoms with E-state index in [2.05, 4.69) is 21.4 Å². The number of benzene rings is 1. The van der Waals surface area contributed by atoms with Crippen molar-refractivity contribution in [2.75, 3.05) is 31.5 Å². The summed E-state index contributed by atoms with van der Waals surface area (Å²) in [6.45, 7) is 2.00. The minimum Gasteiger partial charge on any atom is -0.342 e. The molecule has 1 aromatic heterocycles. The average Bonchev–Trinajstić information content (AvgIpc) is 2.68. The quantitative estimate of drug-likeness (QED) is 0.836. The number of piperazine rings is 1. The lowest BCUT2D eigenvalue weighted by molar-refractivity contribution is -0.119. The molecule has 2 aromatic rings. The molecule has 126 valence electrons. The van der Waals surface area contributed by atoms with E-state index in [0.717, 1.165) is 6.41 Å². The first-order valence-electron chi connectivity index (χ1n) is 7.78. The number of rotatable bonds is 4. The first-order chi connectivity index (χ1) is 12.2. The SMILES string of the molecule is N#Cc1cccc(Nc2nccc(C(=O)N3CCN(C=O)CC3)n2)c1. The maximum atomic E-state index is 12.6. The van der Waals surface area contributed by atoms with Crippen LogP contribution in [-0.4, -0.2) is 58.3 Å². The highest BCUT2D eigenvalue weighted by atomic mass is 16.2. The molecule has 3 rings (SSSR count). The second-order valence-electron chi connectivity index (χ2n) is 5.52. The van der Waals surface area contributed by atoms with Gasteiger partial charge in [-0.15, -0.1) is 0 Å². The Bertz CT molecular complexity index is 824. The predicted octanol–water partition coefficient (Wildman–Crippen LogP) is 1.01. The summed E-state index contributed by atoms with van der Waals surface area (Å²) >= 11 is 0. The van der Waals surface area contributed by atoms with Crippen LogP contribution in [0, 0.1) is 11.3 Å². The third kappa shape index (κ3) is 3.90. The van der Waals surface area contributed by atoms with E-state index in [-0.39, 0.29) is 17.5 Å². The van der Waals surface area contributed by atoms with Gasteiger partial charge in [0.05, 0.1) is 11.6 Å². The number of aromatic nitrogens is 2. The molecule has 1 fully saturated rings. The van der Waals surface area contributed by atoms with Gasteiger partial charge in [0, 0.05) is 38.1 Å². The number of hydrogen-bond donors (Lipinski definition) is 1. The Morgan fingerprint density at radius 2 is 2.04 bits per heavy atom. The molecule has 0 aliphatic carbocycles. The molecule has 1 saturated heterocycles. The first kappa shape index (κ1) is 16.4. The van der Waals surface area contributed by atoms with Gasteiger partial charge in [-0.05, 0) is 24.3 Å². The lowest BCUT2D eigenvalue weighted by Crippen LogP contribution is -2.48. The number of amides is 2. The maximum Gasteiger partial charge on any atom is 0.272 e.